The second-order valence-corrected chi connectivity index (χ2v) is 9.34. The molecule has 38 heavy (non-hydrogen) atoms. The van der Waals surface area contributed by atoms with Crippen molar-refractivity contribution in [1.82, 2.24) is 15.5 Å². The van der Waals surface area contributed by atoms with Gasteiger partial charge in [-0.2, -0.15) is 0 Å². The van der Waals surface area contributed by atoms with Crippen LogP contribution in [0.15, 0.2) is 60.7 Å². The molecule has 2 rings (SSSR count). The number of nitrogens with zero attached hydrogens (tertiary/aromatic N) is 1. The minimum Gasteiger partial charge on any atom is -0.343 e. The number of unbranched alkanes of at least 4 members (excludes halogenated alkanes) is 1. The Hall–Kier alpha value is -3.40. The zero-order valence-electron chi connectivity index (χ0n) is 22.2. The Bertz CT molecular complexity index is 1000. The van der Waals surface area contributed by atoms with Crippen LogP contribution in [0.25, 0.3) is 0 Å². The van der Waals surface area contributed by atoms with Crippen molar-refractivity contribution in [3.05, 3.63) is 71.8 Å². The van der Waals surface area contributed by atoms with Gasteiger partial charge in [-0.05, 0) is 63.4 Å². The standard InChI is InChI=1S/C29H41N5O4/c1-32-18-10-16-27(36)34(24(21-35)19-22-11-4-2-5-12-22)29(38)26(15-8-9-17-30)33-28(37)25(31)20-23-13-6-3-7-14-23/h2-7,11-14,21,24-26,32H,8-10,15-20,30-31H2,1H3,(H,33,37)/t24-,25-,26-/m0/s1. The molecule has 9 heteroatoms. The lowest BCUT2D eigenvalue weighted by Gasteiger charge is -2.31. The lowest BCUT2D eigenvalue weighted by molar-refractivity contribution is -0.152. The number of imide groups is 1. The molecule has 9 nitrogen and oxygen atoms in total. The number of amides is 3. The predicted octanol–water partition coefficient (Wildman–Crippen LogP) is 1.34. The number of rotatable bonds is 17. The van der Waals surface area contributed by atoms with Gasteiger partial charge >= 0.3 is 0 Å². The number of hydrogen-bond acceptors (Lipinski definition) is 7. The molecule has 2 aromatic rings. The number of benzene rings is 2. The van der Waals surface area contributed by atoms with Crippen LogP contribution in [0.1, 0.15) is 43.2 Å². The van der Waals surface area contributed by atoms with E-state index in [-0.39, 0.29) is 19.3 Å². The van der Waals surface area contributed by atoms with E-state index in [1.807, 2.05) is 60.7 Å². The van der Waals surface area contributed by atoms with Gasteiger partial charge in [-0.15, -0.1) is 0 Å². The van der Waals surface area contributed by atoms with E-state index in [2.05, 4.69) is 10.6 Å². The highest BCUT2D eigenvalue weighted by molar-refractivity contribution is 6.01. The van der Waals surface area contributed by atoms with Crippen molar-refractivity contribution in [2.24, 2.45) is 11.5 Å². The Kier molecular flexibility index (Phi) is 13.9. The first-order valence-electron chi connectivity index (χ1n) is 13.2. The molecule has 0 saturated carbocycles. The number of hydrogen-bond donors (Lipinski definition) is 4. The summed E-state index contributed by atoms with van der Waals surface area (Å²) in [6.45, 7) is 1.02. The minimum absolute atomic E-state index is 0.0860. The zero-order chi connectivity index (χ0) is 27.8. The first-order valence-corrected chi connectivity index (χ1v) is 13.2. The summed E-state index contributed by atoms with van der Waals surface area (Å²) in [4.78, 5) is 53.5. The molecule has 0 saturated heterocycles. The van der Waals surface area contributed by atoms with Crippen LogP contribution in [-0.4, -0.2) is 67.2 Å². The fourth-order valence-corrected chi connectivity index (χ4v) is 4.22. The third-order valence-electron chi connectivity index (χ3n) is 6.30. The number of nitrogens with two attached hydrogens (primary N) is 2. The molecule has 0 unspecified atom stereocenters. The van der Waals surface area contributed by atoms with E-state index in [0.29, 0.717) is 45.1 Å². The van der Waals surface area contributed by atoms with Gasteiger partial charge in [-0.3, -0.25) is 19.3 Å². The van der Waals surface area contributed by atoms with Crippen LogP contribution in [-0.2, 0) is 32.0 Å². The van der Waals surface area contributed by atoms with Gasteiger partial charge in [0.25, 0.3) is 5.91 Å². The van der Waals surface area contributed by atoms with Crippen LogP contribution in [0.2, 0.25) is 0 Å². The fraction of sp³-hybridized carbons (Fsp3) is 0.448. The lowest BCUT2D eigenvalue weighted by atomic mass is 10.0. The van der Waals surface area contributed by atoms with Gasteiger partial charge in [-0.25, -0.2) is 0 Å². The molecule has 0 aliphatic heterocycles. The molecule has 0 spiro atoms. The Morgan fingerprint density at radius 2 is 1.53 bits per heavy atom. The topological polar surface area (TPSA) is 148 Å². The van der Waals surface area contributed by atoms with Gasteiger partial charge in [0.05, 0.1) is 12.1 Å². The number of nitrogens with one attached hydrogen (secondary N) is 2. The number of carbonyl (C=O) groups is 4. The second-order valence-electron chi connectivity index (χ2n) is 9.34. The molecule has 3 amide bonds. The van der Waals surface area contributed by atoms with Crippen LogP contribution in [0, 0.1) is 0 Å². The van der Waals surface area contributed by atoms with Gasteiger partial charge < -0.3 is 26.9 Å². The van der Waals surface area contributed by atoms with Gasteiger partial charge in [0, 0.05) is 12.8 Å². The van der Waals surface area contributed by atoms with Crippen molar-refractivity contribution >= 4 is 24.0 Å². The Labute approximate surface area is 225 Å². The third kappa shape index (κ3) is 10.2. The molecule has 2 aromatic carbocycles. The van der Waals surface area contributed by atoms with Gasteiger partial charge in [0.2, 0.25) is 11.8 Å². The van der Waals surface area contributed by atoms with E-state index in [1.54, 1.807) is 7.05 Å². The van der Waals surface area contributed by atoms with Crippen LogP contribution >= 0.6 is 0 Å². The summed E-state index contributed by atoms with van der Waals surface area (Å²) in [7, 11) is 1.78. The highest BCUT2D eigenvalue weighted by Gasteiger charge is 2.35. The average molecular weight is 524 g/mol. The number of carbonyl (C=O) groups excluding carboxylic acids is 4. The highest BCUT2D eigenvalue weighted by Crippen LogP contribution is 2.15. The van der Waals surface area contributed by atoms with Crippen molar-refractivity contribution < 1.29 is 19.2 Å². The molecule has 0 aliphatic rings. The predicted molar refractivity (Wildman–Crippen MR) is 148 cm³/mol. The SMILES string of the molecule is CNCCCC(=O)N(C(=O)[C@H](CCCCN)NC(=O)[C@@H](N)Cc1ccccc1)[C@H](C=O)Cc1ccccc1. The second kappa shape index (κ2) is 17.2. The molecule has 0 radical (unpaired) electrons. The molecule has 0 aliphatic carbocycles. The molecule has 0 bridgehead atoms. The summed E-state index contributed by atoms with van der Waals surface area (Å²) in [6.07, 6.45) is 3.18. The summed E-state index contributed by atoms with van der Waals surface area (Å²) in [5, 5.41) is 5.75. The minimum atomic E-state index is -1.01. The molecule has 0 fully saturated rings. The van der Waals surface area contributed by atoms with Crippen LogP contribution < -0.4 is 22.1 Å². The van der Waals surface area contributed by atoms with Crippen molar-refractivity contribution in [2.45, 2.75) is 63.1 Å². The Morgan fingerprint density at radius 1 is 0.921 bits per heavy atom. The quantitative estimate of drug-likeness (QED) is 0.181. The smallest absolute Gasteiger partial charge is 0.252 e. The third-order valence-corrected chi connectivity index (χ3v) is 6.30. The molecule has 0 heterocycles. The lowest BCUT2D eigenvalue weighted by Crippen LogP contribution is -2.57. The van der Waals surface area contributed by atoms with Crippen molar-refractivity contribution in [3.8, 4) is 0 Å². The molecule has 3 atom stereocenters. The van der Waals surface area contributed by atoms with Crippen molar-refractivity contribution in [1.29, 1.82) is 0 Å². The summed E-state index contributed by atoms with van der Waals surface area (Å²) in [5.74, 6) is -1.55. The summed E-state index contributed by atoms with van der Waals surface area (Å²) in [5.41, 5.74) is 13.5. The van der Waals surface area contributed by atoms with Gasteiger partial charge in [-0.1, -0.05) is 60.7 Å². The molecule has 6 N–H and O–H groups in total. The summed E-state index contributed by atoms with van der Waals surface area (Å²) >= 11 is 0. The molecule has 206 valence electrons. The molecular weight excluding hydrogens is 482 g/mol. The normalized spacial score (nSPS) is 13.2. The Balaban J connectivity index is 2.28. The fourth-order valence-electron chi connectivity index (χ4n) is 4.22. The van der Waals surface area contributed by atoms with E-state index in [1.165, 1.54) is 0 Å². The molecular formula is C29H41N5O4. The zero-order valence-corrected chi connectivity index (χ0v) is 22.2. The van der Waals surface area contributed by atoms with Crippen LogP contribution in [0.5, 0.6) is 0 Å². The van der Waals surface area contributed by atoms with Gasteiger partial charge in [0.15, 0.2) is 0 Å². The van der Waals surface area contributed by atoms with Crippen LogP contribution in [0.3, 0.4) is 0 Å². The first-order chi connectivity index (χ1) is 18.4. The summed E-state index contributed by atoms with van der Waals surface area (Å²) < 4.78 is 0. The monoisotopic (exact) mass is 523 g/mol. The van der Waals surface area contributed by atoms with Crippen LogP contribution in [0.4, 0.5) is 0 Å². The average Bonchev–Trinajstić information content (AvgIpc) is 2.93. The van der Waals surface area contributed by atoms with E-state index in [9.17, 15) is 19.2 Å². The molecule has 0 aromatic heterocycles. The van der Waals surface area contributed by atoms with E-state index < -0.39 is 35.8 Å². The first kappa shape index (κ1) is 30.8. The maximum Gasteiger partial charge on any atom is 0.252 e. The van der Waals surface area contributed by atoms with E-state index in [4.69, 9.17) is 11.5 Å². The van der Waals surface area contributed by atoms with E-state index in [0.717, 1.165) is 16.0 Å². The Morgan fingerprint density at radius 3 is 2.08 bits per heavy atom. The summed E-state index contributed by atoms with van der Waals surface area (Å²) in [6, 6.07) is 15.7. The van der Waals surface area contributed by atoms with E-state index >= 15 is 0 Å². The number of aldehydes is 1. The highest BCUT2D eigenvalue weighted by atomic mass is 16.2. The van der Waals surface area contributed by atoms with Gasteiger partial charge in [0.1, 0.15) is 12.3 Å². The maximum absolute atomic E-state index is 13.9. The largest absolute Gasteiger partial charge is 0.343 e. The van der Waals surface area contributed by atoms with Crippen molar-refractivity contribution in [3.63, 3.8) is 0 Å². The maximum atomic E-state index is 13.9. The van der Waals surface area contributed by atoms with Crippen molar-refractivity contribution in [2.75, 3.05) is 20.1 Å².